The Hall–Kier alpha value is -3.22. The Kier molecular flexibility index (Phi) is 5.64. The number of hydrogen-bond acceptors (Lipinski definition) is 5. The molecule has 3 aromatic rings. The smallest absolute Gasteiger partial charge is 0.286 e. The molecule has 6 nitrogen and oxygen atoms in total. The minimum Gasteiger partial charge on any atom is -0.397 e. The van der Waals surface area contributed by atoms with Crippen molar-refractivity contribution >= 4 is 51.9 Å². The highest BCUT2D eigenvalue weighted by molar-refractivity contribution is 6.40. The molecule has 0 fully saturated rings. The van der Waals surface area contributed by atoms with Gasteiger partial charge in [0.1, 0.15) is 5.71 Å². The standard InChI is InChI=1S/C25H23Cl2N5O/c1-15-23(25(33)30-31-13-12-16-4-2-3-5-21(16)31)29-32(22-11-10-19(27)14-20(22)28)24(15)17-6-8-18(26)9-7-17/h2-11,14-15,24H,12-13,28H2,1H3,(H,30,33)/t15-,24+/m1/s1. The number of nitrogens with zero attached hydrogens (tertiary/aromatic N) is 3. The SMILES string of the molecule is C[C@@H]1C(C(=O)NN2CCc3ccccc32)=NN(c2ccc(Cl)cc2N)[C@@H]1c1ccc(Cl)cc1. The number of rotatable bonds is 4. The van der Waals surface area contributed by atoms with Crippen LogP contribution in [0.2, 0.25) is 10.0 Å². The molecule has 0 spiro atoms. The number of para-hydroxylation sites is 1. The first kappa shape index (κ1) is 21.6. The van der Waals surface area contributed by atoms with Gasteiger partial charge < -0.3 is 5.73 Å². The molecule has 2 aliphatic heterocycles. The number of carbonyl (C=O) groups excluding carboxylic acids is 1. The lowest BCUT2D eigenvalue weighted by atomic mass is 9.91. The second kappa shape index (κ2) is 8.61. The number of carbonyl (C=O) groups is 1. The zero-order valence-corrected chi connectivity index (χ0v) is 19.5. The second-order valence-electron chi connectivity index (χ2n) is 8.29. The van der Waals surface area contributed by atoms with Crippen molar-refractivity contribution in [3.63, 3.8) is 0 Å². The van der Waals surface area contributed by atoms with Crippen molar-refractivity contribution in [2.24, 2.45) is 11.0 Å². The Morgan fingerprint density at radius 3 is 2.52 bits per heavy atom. The van der Waals surface area contributed by atoms with Gasteiger partial charge in [0.15, 0.2) is 0 Å². The monoisotopic (exact) mass is 479 g/mol. The molecule has 2 heterocycles. The third kappa shape index (κ3) is 4.01. The lowest BCUT2D eigenvalue weighted by Gasteiger charge is -2.28. The van der Waals surface area contributed by atoms with Crippen LogP contribution in [0, 0.1) is 5.92 Å². The number of nitrogen functional groups attached to an aromatic ring is 1. The lowest BCUT2D eigenvalue weighted by molar-refractivity contribution is -0.115. The van der Waals surface area contributed by atoms with Gasteiger partial charge in [0.2, 0.25) is 0 Å². The van der Waals surface area contributed by atoms with Gasteiger partial charge in [0.25, 0.3) is 5.91 Å². The molecule has 168 valence electrons. The summed E-state index contributed by atoms with van der Waals surface area (Å²) in [7, 11) is 0. The van der Waals surface area contributed by atoms with Crippen LogP contribution < -0.4 is 21.2 Å². The van der Waals surface area contributed by atoms with Crippen molar-refractivity contribution in [3.05, 3.63) is 87.9 Å². The van der Waals surface area contributed by atoms with Crippen LogP contribution in [0.1, 0.15) is 24.1 Å². The maximum Gasteiger partial charge on any atom is 0.286 e. The molecule has 3 N–H and O–H groups in total. The zero-order valence-electron chi connectivity index (χ0n) is 18.0. The minimum atomic E-state index is -0.229. The molecule has 0 aliphatic carbocycles. The topological polar surface area (TPSA) is 74.0 Å². The van der Waals surface area contributed by atoms with Crippen LogP contribution in [0.5, 0.6) is 0 Å². The molecule has 3 aromatic carbocycles. The number of hydrazone groups is 1. The van der Waals surface area contributed by atoms with E-state index in [2.05, 4.69) is 11.5 Å². The molecule has 2 atom stereocenters. The van der Waals surface area contributed by atoms with Gasteiger partial charge in [0, 0.05) is 22.5 Å². The third-order valence-electron chi connectivity index (χ3n) is 6.19. The van der Waals surface area contributed by atoms with Crippen LogP contribution >= 0.6 is 23.2 Å². The largest absolute Gasteiger partial charge is 0.397 e. The van der Waals surface area contributed by atoms with Gasteiger partial charge in [0.05, 0.1) is 23.1 Å². The van der Waals surface area contributed by atoms with E-state index in [1.165, 1.54) is 5.56 Å². The molecule has 1 amide bonds. The van der Waals surface area contributed by atoms with Crippen molar-refractivity contribution in [1.29, 1.82) is 0 Å². The van der Waals surface area contributed by atoms with Gasteiger partial charge >= 0.3 is 0 Å². The van der Waals surface area contributed by atoms with Crippen molar-refractivity contribution < 1.29 is 4.79 Å². The highest BCUT2D eigenvalue weighted by Gasteiger charge is 2.40. The fourth-order valence-corrected chi connectivity index (χ4v) is 4.85. The number of anilines is 3. The van der Waals surface area contributed by atoms with E-state index in [0.29, 0.717) is 27.1 Å². The number of benzene rings is 3. The minimum absolute atomic E-state index is 0.195. The highest BCUT2D eigenvalue weighted by atomic mass is 35.5. The number of nitrogens with one attached hydrogen (secondary N) is 1. The number of amides is 1. The van der Waals surface area contributed by atoms with Crippen LogP contribution in [-0.2, 0) is 11.2 Å². The molecular formula is C25H23Cl2N5O. The van der Waals surface area contributed by atoms with Crippen LogP contribution in [-0.4, -0.2) is 18.2 Å². The van der Waals surface area contributed by atoms with Crippen molar-refractivity contribution in [1.82, 2.24) is 5.43 Å². The summed E-state index contributed by atoms with van der Waals surface area (Å²) < 4.78 is 0. The first-order valence-electron chi connectivity index (χ1n) is 10.8. The predicted octanol–water partition coefficient (Wildman–Crippen LogP) is 5.22. The van der Waals surface area contributed by atoms with Crippen molar-refractivity contribution in [2.75, 3.05) is 22.3 Å². The first-order chi connectivity index (χ1) is 15.9. The van der Waals surface area contributed by atoms with Gasteiger partial charge in [-0.2, -0.15) is 5.10 Å². The summed E-state index contributed by atoms with van der Waals surface area (Å²) in [5.41, 5.74) is 14.2. The summed E-state index contributed by atoms with van der Waals surface area (Å²) in [6.07, 6.45) is 0.888. The molecule has 33 heavy (non-hydrogen) atoms. The molecular weight excluding hydrogens is 457 g/mol. The van der Waals surface area contributed by atoms with E-state index in [1.807, 2.05) is 65.5 Å². The summed E-state index contributed by atoms with van der Waals surface area (Å²) in [5.74, 6) is -0.424. The van der Waals surface area contributed by atoms with E-state index < -0.39 is 0 Å². The number of fused-ring (bicyclic) bond motifs is 1. The van der Waals surface area contributed by atoms with Gasteiger partial charge in [-0.3, -0.25) is 20.2 Å². The van der Waals surface area contributed by atoms with Crippen molar-refractivity contribution in [2.45, 2.75) is 19.4 Å². The van der Waals surface area contributed by atoms with E-state index >= 15 is 0 Å². The first-order valence-corrected chi connectivity index (χ1v) is 11.5. The average molecular weight is 480 g/mol. The van der Waals surface area contributed by atoms with E-state index in [0.717, 1.165) is 24.2 Å². The fraction of sp³-hybridized carbons (Fsp3) is 0.200. The number of halogens is 2. The molecule has 0 radical (unpaired) electrons. The molecule has 0 unspecified atom stereocenters. The maximum absolute atomic E-state index is 13.4. The number of hydrogen-bond donors (Lipinski definition) is 2. The molecule has 2 aliphatic rings. The fourth-order valence-electron chi connectivity index (χ4n) is 4.54. The summed E-state index contributed by atoms with van der Waals surface area (Å²) in [6, 6.07) is 20.7. The Morgan fingerprint density at radius 1 is 1.03 bits per heavy atom. The van der Waals surface area contributed by atoms with Crippen LogP contribution in [0.25, 0.3) is 0 Å². The van der Waals surface area contributed by atoms with Crippen LogP contribution in [0.15, 0.2) is 71.8 Å². The highest BCUT2D eigenvalue weighted by Crippen LogP contribution is 2.42. The lowest BCUT2D eigenvalue weighted by Crippen LogP contribution is -2.45. The van der Waals surface area contributed by atoms with E-state index in [4.69, 9.17) is 34.0 Å². The predicted molar refractivity (Wildman–Crippen MR) is 135 cm³/mol. The summed E-state index contributed by atoms with van der Waals surface area (Å²) in [6.45, 7) is 2.73. The van der Waals surface area contributed by atoms with Gasteiger partial charge in [-0.05, 0) is 53.9 Å². The molecule has 0 saturated carbocycles. The van der Waals surface area contributed by atoms with Gasteiger partial charge in [-0.15, -0.1) is 0 Å². The molecule has 8 heteroatoms. The average Bonchev–Trinajstić information content (AvgIpc) is 3.36. The Labute approximate surface area is 202 Å². The van der Waals surface area contributed by atoms with Gasteiger partial charge in [-0.25, -0.2) is 0 Å². The summed E-state index contributed by atoms with van der Waals surface area (Å²) in [4.78, 5) is 13.4. The Balaban J connectivity index is 1.49. The maximum atomic E-state index is 13.4. The Bertz CT molecular complexity index is 1240. The van der Waals surface area contributed by atoms with E-state index in [-0.39, 0.29) is 17.9 Å². The van der Waals surface area contributed by atoms with E-state index in [9.17, 15) is 4.79 Å². The molecule has 0 aromatic heterocycles. The Morgan fingerprint density at radius 2 is 1.76 bits per heavy atom. The van der Waals surface area contributed by atoms with Crippen LogP contribution in [0.3, 0.4) is 0 Å². The molecule has 0 saturated heterocycles. The van der Waals surface area contributed by atoms with Gasteiger partial charge in [-0.1, -0.05) is 60.5 Å². The summed E-state index contributed by atoms with van der Waals surface area (Å²) in [5, 5.41) is 9.66. The zero-order chi connectivity index (χ0) is 23.1. The quantitative estimate of drug-likeness (QED) is 0.502. The van der Waals surface area contributed by atoms with Crippen molar-refractivity contribution in [3.8, 4) is 0 Å². The summed E-state index contributed by atoms with van der Waals surface area (Å²) >= 11 is 12.2. The number of nitrogens with two attached hydrogens (primary N) is 1. The van der Waals surface area contributed by atoms with Crippen LogP contribution in [0.4, 0.5) is 17.1 Å². The van der Waals surface area contributed by atoms with E-state index in [1.54, 1.807) is 12.1 Å². The molecule has 0 bridgehead atoms. The normalized spacial score (nSPS) is 19.4. The second-order valence-corrected chi connectivity index (χ2v) is 9.16. The molecule has 5 rings (SSSR count). The number of hydrazine groups is 1. The third-order valence-corrected chi connectivity index (χ3v) is 6.68.